The number of aldehydes is 1. The molecule has 3 heteroatoms. The Morgan fingerprint density at radius 1 is 1.38 bits per heavy atom. The minimum atomic E-state index is 0.181. The van der Waals surface area contributed by atoms with Crippen LogP contribution in [0.25, 0.3) is 0 Å². The molecule has 0 aromatic carbocycles. The fourth-order valence-electron chi connectivity index (χ4n) is 1.06. The van der Waals surface area contributed by atoms with Gasteiger partial charge in [0.2, 0.25) is 0 Å². The maximum absolute atomic E-state index is 8.82. The zero-order valence-corrected chi connectivity index (χ0v) is 11.5. The molecule has 0 spiro atoms. The molecule has 0 saturated heterocycles. The summed E-state index contributed by atoms with van der Waals surface area (Å²) in [4.78, 5) is 9.57. The lowest BCUT2D eigenvalue weighted by atomic mass is 9.83. The Labute approximate surface area is 105 Å². The van der Waals surface area contributed by atoms with Crippen LogP contribution in [-0.2, 0) is 4.79 Å². The molecule has 0 aliphatic heterocycles. The third kappa shape index (κ3) is 11.5. The number of rotatable bonds is 6. The summed E-state index contributed by atoms with van der Waals surface area (Å²) in [5.41, 5.74) is 1.18. The molecule has 0 saturated carbocycles. The van der Waals surface area contributed by atoms with Crippen molar-refractivity contribution in [2.75, 3.05) is 6.61 Å². The number of aliphatic hydroxyl groups is 1. The van der Waals surface area contributed by atoms with Gasteiger partial charge in [-0.2, -0.15) is 0 Å². The first kappa shape index (κ1) is 17.8. The zero-order chi connectivity index (χ0) is 13.2. The van der Waals surface area contributed by atoms with Crippen LogP contribution in [0.3, 0.4) is 0 Å². The van der Waals surface area contributed by atoms with Crippen LogP contribution in [0.2, 0.25) is 0 Å². The van der Waals surface area contributed by atoms with Gasteiger partial charge in [-0.25, -0.2) is 0 Å². The smallest absolute Gasteiger partial charge is 0.116 e. The lowest BCUT2D eigenvalue weighted by Crippen LogP contribution is -2.13. The third-order valence-electron chi connectivity index (χ3n) is 2.30. The van der Waals surface area contributed by atoms with Gasteiger partial charge in [-0.05, 0) is 42.1 Å². The van der Waals surface area contributed by atoms with Gasteiger partial charge in [0.05, 0.1) is 0 Å². The molecular weight excluding hydrogens is 220 g/mol. The minimum Gasteiger partial charge on any atom is -0.396 e. The van der Waals surface area contributed by atoms with Gasteiger partial charge >= 0.3 is 0 Å². The summed E-state index contributed by atoms with van der Waals surface area (Å²) in [5, 5.41) is 8.82. The second-order valence-corrected chi connectivity index (χ2v) is 4.96. The molecule has 1 N–H and O–H groups in total. The highest BCUT2D eigenvalue weighted by Gasteiger charge is 2.16. The van der Waals surface area contributed by atoms with Crippen LogP contribution in [0, 0.1) is 5.41 Å². The summed E-state index contributed by atoms with van der Waals surface area (Å²) >= 11 is 4.13. The first-order valence-electron chi connectivity index (χ1n) is 5.37. The second-order valence-electron chi connectivity index (χ2n) is 4.42. The van der Waals surface area contributed by atoms with Crippen molar-refractivity contribution in [3.05, 3.63) is 23.6 Å². The molecule has 0 rings (SSSR count). The maximum atomic E-state index is 8.82. The molecule has 0 aromatic rings. The van der Waals surface area contributed by atoms with Gasteiger partial charge in [-0.15, -0.1) is 12.6 Å². The molecule has 0 bridgehead atoms. The molecule has 2 nitrogen and oxygen atoms in total. The highest BCUT2D eigenvalue weighted by atomic mass is 32.1. The van der Waals surface area contributed by atoms with Crippen LogP contribution < -0.4 is 0 Å². The minimum absolute atomic E-state index is 0.181. The van der Waals surface area contributed by atoms with Crippen molar-refractivity contribution in [3.63, 3.8) is 0 Å². The zero-order valence-electron chi connectivity index (χ0n) is 10.6. The second kappa shape index (κ2) is 9.67. The maximum Gasteiger partial charge on any atom is 0.116 e. The molecule has 94 valence electrons. The van der Waals surface area contributed by atoms with Gasteiger partial charge < -0.3 is 9.90 Å². The first-order valence-corrected chi connectivity index (χ1v) is 5.82. The van der Waals surface area contributed by atoms with Gasteiger partial charge in [-0.3, -0.25) is 0 Å². The highest BCUT2D eigenvalue weighted by molar-refractivity contribution is 7.84. The number of hydrogen-bond donors (Lipinski definition) is 2. The molecule has 0 radical (unpaired) electrons. The van der Waals surface area contributed by atoms with Crippen LogP contribution in [0.1, 0.15) is 40.0 Å². The third-order valence-corrected chi connectivity index (χ3v) is 2.62. The topological polar surface area (TPSA) is 37.3 Å². The number of allylic oxidation sites excluding steroid dienone is 1. The van der Waals surface area contributed by atoms with Crippen molar-refractivity contribution >= 4 is 18.9 Å². The molecule has 0 amide bonds. The van der Waals surface area contributed by atoms with E-state index in [1.807, 2.05) is 0 Å². The molecule has 0 heterocycles. The number of aliphatic hydroxyl groups excluding tert-OH is 1. The SMILES string of the molecule is C=C(S)C(=C)CCC(C)(C)CCO.CC=O. The van der Waals surface area contributed by atoms with Gasteiger partial charge in [-0.1, -0.05) is 27.0 Å². The van der Waals surface area contributed by atoms with Crippen LogP contribution in [0.4, 0.5) is 0 Å². The van der Waals surface area contributed by atoms with E-state index in [0.29, 0.717) is 0 Å². The van der Waals surface area contributed by atoms with Crippen molar-refractivity contribution in [1.82, 2.24) is 0 Å². The fraction of sp³-hybridized carbons (Fsp3) is 0.615. The van der Waals surface area contributed by atoms with E-state index in [1.165, 1.54) is 6.92 Å². The molecule has 0 aliphatic carbocycles. The Hall–Kier alpha value is -0.540. The van der Waals surface area contributed by atoms with Crippen molar-refractivity contribution in [3.8, 4) is 0 Å². The fourth-order valence-corrected chi connectivity index (χ4v) is 1.17. The van der Waals surface area contributed by atoms with Crippen molar-refractivity contribution in [1.29, 1.82) is 0 Å². The lowest BCUT2D eigenvalue weighted by Gasteiger charge is -2.23. The largest absolute Gasteiger partial charge is 0.396 e. The molecule has 0 atom stereocenters. The van der Waals surface area contributed by atoms with Gasteiger partial charge in [0, 0.05) is 6.61 Å². The number of hydrogen-bond acceptors (Lipinski definition) is 3. The lowest BCUT2D eigenvalue weighted by molar-refractivity contribution is -0.106. The van der Waals surface area contributed by atoms with E-state index in [0.717, 1.165) is 36.0 Å². The van der Waals surface area contributed by atoms with E-state index in [2.05, 4.69) is 39.6 Å². The van der Waals surface area contributed by atoms with E-state index < -0.39 is 0 Å². The molecule has 0 unspecified atom stereocenters. The standard InChI is InChI=1S/C11H20OS.C2H4O/c1-9(10(2)13)5-6-11(3,4)7-8-12;1-2-3/h12-13H,1-2,5-8H2,3-4H3;2H,1H3. The Morgan fingerprint density at radius 3 is 2.12 bits per heavy atom. The summed E-state index contributed by atoms with van der Waals surface area (Å²) in [7, 11) is 0. The Balaban J connectivity index is 0. The van der Waals surface area contributed by atoms with E-state index in [1.54, 1.807) is 0 Å². The van der Waals surface area contributed by atoms with Crippen molar-refractivity contribution < 1.29 is 9.90 Å². The van der Waals surface area contributed by atoms with Crippen molar-refractivity contribution in [2.24, 2.45) is 5.41 Å². The summed E-state index contributed by atoms with van der Waals surface area (Å²) in [6, 6.07) is 0. The number of thiol groups is 1. The summed E-state index contributed by atoms with van der Waals surface area (Å²) in [6.07, 6.45) is 3.51. The van der Waals surface area contributed by atoms with E-state index in [4.69, 9.17) is 9.90 Å². The quantitative estimate of drug-likeness (QED) is 0.427. The van der Waals surface area contributed by atoms with Gasteiger partial charge in [0.15, 0.2) is 0 Å². The average Bonchev–Trinajstić information content (AvgIpc) is 2.15. The van der Waals surface area contributed by atoms with Crippen molar-refractivity contribution in [2.45, 2.75) is 40.0 Å². The molecular formula is C13H24O2S. The van der Waals surface area contributed by atoms with E-state index >= 15 is 0 Å². The summed E-state index contributed by atoms with van der Waals surface area (Å²) in [6.45, 7) is 13.6. The van der Waals surface area contributed by atoms with Crippen LogP contribution in [0.5, 0.6) is 0 Å². The Kier molecular flexibility index (Phi) is 10.8. The highest BCUT2D eigenvalue weighted by Crippen LogP contribution is 2.29. The van der Waals surface area contributed by atoms with Crippen LogP contribution in [-0.4, -0.2) is 18.0 Å². The normalized spacial score (nSPS) is 10.1. The molecule has 0 fully saturated rings. The Bertz CT molecular complexity index is 232. The molecule has 0 aliphatic rings. The predicted octanol–water partition coefficient (Wildman–Crippen LogP) is 3.38. The monoisotopic (exact) mass is 244 g/mol. The summed E-state index contributed by atoms with van der Waals surface area (Å²) in [5.74, 6) is 0. The average molecular weight is 244 g/mol. The Morgan fingerprint density at radius 2 is 1.81 bits per heavy atom. The molecule has 0 aromatic heterocycles. The van der Waals surface area contributed by atoms with E-state index in [-0.39, 0.29) is 12.0 Å². The van der Waals surface area contributed by atoms with E-state index in [9.17, 15) is 0 Å². The number of carbonyl (C=O) groups is 1. The van der Waals surface area contributed by atoms with Crippen LogP contribution >= 0.6 is 12.6 Å². The predicted molar refractivity (Wildman–Crippen MR) is 73.7 cm³/mol. The van der Waals surface area contributed by atoms with Crippen LogP contribution in [0.15, 0.2) is 23.6 Å². The summed E-state index contributed by atoms with van der Waals surface area (Å²) < 4.78 is 0. The first-order chi connectivity index (χ1) is 7.30. The molecule has 16 heavy (non-hydrogen) atoms. The van der Waals surface area contributed by atoms with Gasteiger partial charge in [0.1, 0.15) is 6.29 Å². The number of carbonyl (C=O) groups excluding carboxylic acids is 1. The van der Waals surface area contributed by atoms with Gasteiger partial charge in [0.25, 0.3) is 0 Å².